The van der Waals surface area contributed by atoms with Gasteiger partial charge in [0.05, 0.1) is 13.2 Å². The molecule has 0 unspecified atom stereocenters. The monoisotopic (exact) mass is 479 g/mol. The summed E-state index contributed by atoms with van der Waals surface area (Å²) < 4.78 is 9.62. The Morgan fingerprint density at radius 2 is 1.56 bits per heavy atom. The number of amides is 2. The Hall–Kier alpha value is -3.46. The molecule has 1 aliphatic heterocycles. The highest BCUT2D eigenvalue weighted by atomic mass is 32.1. The third-order valence-electron chi connectivity index (χ3n) is 5.63. The maximum atomic E-state index is 13.2. The molecule has 9 heteroatoms. The van der Waals surface area contributed by atoms with Gasteiger partial charge in [0.15, 0.2) is 0 Å². The van der Waals surface area contributed by atoms with Crippen LogP contribution in [0.25, 0.3) is 0 Å². The third kappa shape index (κ3) is 6.32. The third-order valence-corrected chi connectivity index (χ3v) is 6.45. The zero-order valence-electron chi connectivity index (χ0n) is 19.3. The zero-order valence-corrected chi connectivity index (χ0v) is 20.1. The minimum absolute atomic E-state index is 0.0132. The summed E-state index contributed by atoms with van der Waals surface area (Å²) in [4.78, 5) is 35.3. The van der Waals surface area contributed by atoms with Gasteiger partial charge in [0, 0.05) is 50.7 Å². The van der Waals surface area contributed by atoms with Gasteiger partial charge in [0.2, 0.25) is 11.0 Å². The van der Waals surface area contributed by atoms with Crippen LogP contribution in [-0.2, 0) is 22.5 Å². The van der Waals surface area contributed by atoms with Crippen molar-refractivity contribution in [1.29, 1.82) is 0 Å². The predicted octanol–water partition coefficient (Wildman–Crippen LogP) is 3.44. The molecule has 1 fully saturated rings. The van der Waals surface area contributed by atoms with Gasteiger partial charge in [-0.2, -0.15) is 4.37 Å². The second kappa shape index (κ2) is 11.6. The Morgan fingerprint density at radius 3 is 2.21 bits per heavy atom. The van der Waals surface area contributed by atoms with Crippen LogP contribution in [0.15, 0.2) is 60.7 Å². The molecule has 3 aromatic rings. The van der Waals surface area contributed by atoms with E-state index in [2.05, 4.69) is 16.5 Å². The lowest BCUT2D eigenvalue weighted by atomic mass is 10.1. The average Bonchev–Trinajstić information content (AvgIpc) is 3.33. The van der Waals surface area contributed by atoms with Crippen molar-refractivity contribution in [2.75, 3.05) is 44.2 Å². The lowest BCUT2D eigenvalue weighted by molar-refractivity contribution is -0.131. The van der Waals surface area contributed by atoms with E-state index in [1.807, 2.05) is 53.4 Å². The van der Waals surface area contributed by atoms with E-state index < -0.39 is 0 Å². The minimum atomic E-state index is -0.319. The molecule has 2 heterocycles. The maximum Gasteiger partial charge on any atom is 0.409 e. The van der Waals surface area contributed by atoms with Gasteiger partial charge in [-0.05, 0) is 18.1 Å². The molecule has 0 spiro atoms. The van der Waals surface area contributed by atoms with Crippen LogP contribution in [0.4, 0.5) is 9.93 Å². The number of benzene rings is 2. The quantitative estimate of drug-likeness (QED) is 0.493. The van der Waals surface area contributed by atoms with E-state index >= 15 is 0 Å². The number of carbonyl (C=O) groups excluding carboxylic acids is 2. The van der Waals surface area contributed by atoms with Crippen LogP contribution in [0.1, 0.15) is 23.9 Å². The molecule has 0 aliphatic carbocycles. The minimum Gasteiger partial charge on any atom is -0.450 e. The standard InChI is InChI=1S/C25H29N5O3S/c1-2-33-25(32)29-15-13-28(14-16-29)23(31)19-30(18-21-11-7-4-8-12-21)24-26-22(27-34-24)17-20-9-5-3-6-10-20/h3-12H,2,13-19H2,1H3. The molecule has 1 aliphatic rings. The molecule has 0 N–H and O–H groups in total. The summed E-state index contributed by atoms with van der Waals surface area (Å²) in [6.07, 6.45) is 0.334. The predicted molar refractivity (Wildman–Crippen MR) is 132 cm³/mol. The SMILES string of the molecule is CCOC(=O)N1CCN(C(=O)CN(Cc2ccccc2)c2nc(Cc3ccccc3)ns2)CC1. The van der Waals surface area contributed by atoms with E-state index in [1.165, 1.54) is 11.5 Å². The smallest absolute Gasteiger partial charge is 0.409 e. The Kier molecular flexibility index (Phi) is 8.08. The highest BCUT2D eigenvalue weighted by Crippen LogP contribution is 2.22. The maximum absolute atomic E-state index is 13.2. The first-order chi connectivity index (χ1) is 16.6. The number of piperazine rings is 1. The van der Waals surface area contributed by atoms with Crippen molar-refractivity contribution in [3.8, 4) is 0 Å². The van der Waals surface area contributed by atoms with Gasteiger partial charge in [0.25, 0.3) is 0 Å². The number of hydrogen-bond donors (Lipinski definition) is 0. The van der Waals surface area contributed by atoms with Crippen molar-refractivity contribution in [2.24, 2.45) is 0 Å². The van der Waals surface area contributed by atoms with Crippen molar-refractivity contribution in [2.45, 2.75) is 19.9 Å². The normalized spacial score (nSPS) is 13.6. The number of rotatable bonds is 8. The van der Waals surface area contributed by atoms with E-state index in [0.717, 1.165) is 22.1 Å². The van der Waals surface area contributed by atoms with Gasteiger partial charge in [-0.15, -0.1) is 0 Å². The average molecular weight is 480 g/mol. The number of carbonyl (C=O) groups is 2. The van der Waals surface area contributed by atoms with E-state index in [4.69, 9.17) is 9.72 Å². The Bertz CT molecular complexity index is 1070. The fourth-order valence-electron chi connectivity index (χ4n) is 3.83. The second-order valence-electron chi connectivity index (χ2n) is 8.06. The molecule has 0 bridgehead atoms. The van der Waals surface area contributed by atoms with Crippen LogP contribution < -0.4 is 4.90 Å². The molecule has 0 radical (unpaired) electrons. The van der Waals surface area contributed by atoms with Crippen molar-refractivity contribution in [3.05, 3.63) is 77.6 Å². The Labute approximate surface area is 203 Å². The summed E-state index contributed by atoms with van der Waals surface area (Å²) in [5, 5.41) is 0.730. The number of ether oxygens (including phenoxy) is 1. The van der Waals surface area contributed by atoms with E-state index in [1.54, 1.807) is 16.7 Å². The van der Waals surface area contributed by atoms with E-state index in [0.29, 0.717) is 45.8 Å². The number of anilines is 1. The van der Waals surface area contributed by atoms with Crippen LogP contribution in [0.5, 0.6) is 0 Å². The fraction of sp³-hybridized carbons (Fsp3) is 0.360. The van der Waals surface area contributed by atoms with Gasteiger partial charge in [-0.25, -0.2) is 9.78 Å². The highest BCUT2D eigenvalue weighted by Gasteiger charge is 2.27. The molecular weight excluding hydrogens is 450 g/mol. The molecule has 4 rings (SSSR count). The number of nitrogens with zero attached hydrogens (tertiary/aromatic N) is 5. The molecule has 2 aromatic carbocycles. The molecular formula is C25H29N5O3S. The molecule has 178 valence electrons. The Morgan fingerprint density at radius 1 is 0.941 bits per heavy atom. The molecule has 2 amide bonds. The van der Waals surface area contributed by atoms with Crippen LogP contribution in [0, 0.1) is 0 Å². The van der Waals surface area contributed by atoms with E-state index in [-0.39, 0.29) is 18.5 Å². The summed E-state index contributed by atoms with van der Waals surface area (Å²) in [6.45, 7) is 4.84. The first kappa shape index (κ1) is 23.7. The van der Waals surface area contributed by atoms with Crippen molar-refractivity contribution in [1.82, 2.24) is 19.2 Å². The topological polar surface area (TPSA) is 78.9 Å². The molecule has 0 saturated carbocycles. The van der Waals surface area contributed by atoms with Gasteiger partial charge < -0.3 is 19.4 Å². The molecule has 34 heavy (non-hydrogen) atoms. The summed E-state index contributed by atoms with van der Waals surface area (Å²) >= 11 is 1.32. The van der Waals surface area contributed by atoms with Crippen LogP contribution in [0.3, 0.4) is 0 Å². The first-order valence-electron chi connectivity index (χ1n) is 11.5. The molecule has 1 saturated heterocycles. The summed E-state index contributed by atoms with van der Waals surface area (Å²) in [5.74, 6) is 0.763. The lowest BCUT2D eigenvalue weighted by Crippen LogP contribution is -2.52. The molecule has 1 aromatic heterocycles. The van der Waals surface area contributed by atoms with Crippen LogP contribution in [-0.4, -0.2) is 70.5 Å². The van der Waals surface area contributed by atoms with Crippen molar-refractivity contribution in [3.63, 3.8) is 0 Å². The van der Waals surface area contributed by atoms with Crippen molar-refractivity contribution < 1.29 is 14.3 Å². The van der Waals surface area contributed by atoms with Gasteiger partial charge in [-0.3, -0.25) is 4.79 Å². The van der Waals surface area contributed by atoms with Crippen LogP contribution in [0.2, 0.25) is 0 Å². The highest BCUT2D eigenvalue weighted by molar-refractivity contribution is 7.09. The van der Waals surface area contributed by atoms with Crippen LogP contribution >= 0.6 is 11.5 Å². The second-order valence-corrected chi connectivity index (χ2v) is 8.79. The van der Waals surface area contributed by atoms with Gasteiger partial charge >= 0.3 is 6.09 Å². The zero-order chi connectivity index (χ0) is 23.8. The van der Waals surface area contributed by atoms with E-state index in [9.17, 15) is 9.59 Å². The molecule has 8 nitrogen and oxygen atoms in total. The number of hydrogen-bond acceptors (Lipinski definition) is 7. The number of aromatic nitrogens is 2. The molecule has 0 atom stereocenters. The summed E-state index contributed by atoms with van der Waals surface area (Å²) in [6, 6.07) is 20.2. The summed E-state index contributed by atoms with van der Waals surface area (Å²) in [7, 11) is 0. The first-order valence-corrected chi connectivity index (χ1v) is 12.2. The van der Waals surface area contributed by atoms with Gasteiger partial charge in [0.1, 0.15) is 5.82 Å². The fourth-order valence-corrected chi connectivity index (χ4v) is 4.52. The Balaban J connectivity index is 1.43. The van der Waals surface area contributed by atoms with Crippen molar-refractivity contribution >= 4 is 28.7 Å². The lowest BCUT2D eigenvalue weighted by Gasteiger charge is -2.35. The summed E-state index contributed by atoms with van der Waals surface area (Å²) in [5.41, 5.74) is 2.25. The van der Waals surface area contributed by atoms with Gasteiger partial charge in [-0.1, -0.05) is 60.7 Å². The largest absolute Gasteiger partial charge is 0.450 e.